The first-order valence-corrected chi connectivity index (χ1v) is 10.4. The highest BCUT2D eigenvalue weighted by Gasteiger charge is 2.27. The van der Waals surface area contributed by atoms with Crippen molar-refractivity contribution in [1.29, 1.82) is 0 Å². The standard InChI is InChI=1S/C24H30N2O4/c1-30-21-8-3-18(4-9-21)13-15-26(14-2-16-27)23-11-7-20-17-19(5-10-22(20)23)6-12-24(28)25-29/h3-6,8-10,12,17,23,27,29H,2,7,11,13-16H2,1H3,(H,25,28)/b12-6+/t23-/m0/s1. The summed E-state index contributed by atoms with van der Waals surface area (Å²) < 4.78 is 5.24. The highest BCUT2D eigenvalue weighted by atomic mass is 16.5. The predicted molar refractivity (Wildman–Crippen MR) is 116 cm³/mol. The van der Waals surface area contributed by atoms with Crippen LogP contribution in [0.1, 0.15) is 41.1 Å². The molecule has 1 amide bonds. The van der Waals surface area contributed by atoms with E-state index in [0.29, 0.717) is 6.04 Å². The second-order valence-electron chi connectivity index (χ2n) is 7.53. The first-order valence-electron chi connectivity index (χ1n) is 10.4. The zero-order chi connectivity index (χ0) is 21.3. The molecule has 0 heterocycles. The molecule has 1 aliphatic rings. The van der Waals surface area contributed by atoms with Gasteiger partial charge in [-0.2, -0.15) is 0 Å². The summed E-state index contributed by atoms with van der Waals surface area (Å²) in [7, 11) is 1.67. The third-order valence-corrected chi connectivity index (χ3v) is 5.64. The number of rotatable bonds is 10. The quantitative estimate of drug-likeness (QED) is 0.319. The number of nitrogens with one attached hydrogen (secondary N) is 1. The van der Waals surface area contributed by atoms with Crippen LogP contribution in [-0.2, 0) is 17.6 Å². The molecular formula is C24H30N2O4. The van der Waals surface area contributed by atoms with E-state index in [9.17, 15) is 9.90 Å². The number of hydrogen-bond donors (Lipinski definition) is 3. The molecule has 2 aromatic rings. The van der Waals surface area contributed by atoms with Gasteiger partial charge >= 0.3 is 0 Å². The number of amides is 1. The minimum atomic E-state index is -0.540. The van der Waals surface area contributed by atoms with E-state index in [0.717, 1.165) is 50.1 Å². The number of aryl methyl sites for hydroxylation is 1. The maximum atomic E-state index is 11.2. The zero-order valence-corrected chi connectivity index (χ0v) is 17.4. The molecule has 0 radical (unpaired) electrons. The Hall–Kier alpha value is -2.67. The van der Waals surface area contributed by atoms with Crippen molar-refractivity contribution in [2.24, 2.45) is 0 Å². The first-order chi connectivity index (χ1) is 14.6. The number of hydrogen-bond acceptors (Lipinski definition) is 5. The summed E-state index contributed by atoms with van der Waals surface area (Å²) in [5.74, 6) is 0.323. The van der Waals surface area contributed by atoms with Crippen LogP contribution in [-0.4, -0.2) is 47.9 Å². The topological polar surface area (TPSA) is 82.0 Å². The van der Waals surface area contributed by atoms with Crippen molar-refractivity contribution in [3.05, 3.63) is 70.8 Å². The van der Waals surface area contributed by atoms with Crippen LogP contribution in [0.15, 0.2) is 48.5 Å². The summed E-state index contributed by atoms with van der Waals surface area (Å²) in [5.41, 5.74) is 6.44. The van der Waals surface area contributed by atoms with Crippen molar-refractivity contribution in [3.8, 4) is 5.75 Å². The molecule has 3 N–H and O–H groups in total. The minimum absolute atomic E-state index is 0.190. The second-order valence-corrected chi connectivity index (χ2v) is 7.53. The van der Waals surface area contributed by atoms with Crippen LogP contribution in [0.2, 0.25) is 0 Å². The van der Waals surface area contributed by atoms with Gasteiger partial charge in [0.2, 0.25) is 0 Å². The Morgan fingerprint density at radius 2 is 2.03 bits per heavy atom. The largest absolute Gasteiger partial charge is 0.497 e. The molecule has 2 aromatic carbocycles. The number of benzene rings is 2. The zero-order valence-electron chi connectivity index (χ0n) is 17.4. The van der Waals surface area contributed by atoms with E-state index in [1.54, 1.807) is 18.7 Å². The summed E-state index contributed by atoms with van der Waals surface area (Å²) in [5, 5.41) is 18.0. The number of hydroxylamine groups is 1. The molecule has 0 spiro atoms. The molecule has 6 heteroatoms. The highest BCUT2D eigenvalue weighted by Crippen LogP contribution is 2.36. The van der Waals surface area contributed by atoms with Crippen molar-refractivity contribution in [1.82, 2.24) is 10.4 Å². The summed E-state index contributed by atoms with van der Waals surface area (Å²) >= 11 is 0. The lowest BCUT2D eigenvalue weighted by Crippen LogP contribution is -2.31. The molecule has 6 nitrogen and oxygen atoms in total. The van der Waals surface area contributed by atoms with E-state index in [2.05, 4.69) is 29.2 Å². The molecule has 0 bridgehead atoms. The molecule has 0 unspecified atom stereocenters. The number of fused-ring (bicyclic) bond motifs is 1. The Labute approximate surface area is 177 Å². The lowest BCUT2D eigenvalue weighted by atomic mass is 10.0. The van der Waals surface area contributed by atoms with E-state index < -0.39 is 5.91 Å². The van der Waals surface area contributed by atoms with Crippen molar-refractivity contribution >= 4 is 12.0 Å². The Balaban J connectivity index is 1.70. The third kappa shape index (κ3) is 5.69. The molecule has 0 aliphatic heterocycles. The monoisotopic (exact) mass is 410 g/mol. The Morgan fingerprint density at radius 1 is 1.23 bits per heavy atom. The molecule has 0 fully saturated rings. The summed E-state index contributed by atoms with van der Waals surface area (Å²) in [6.45, 7) is 1.97. The molecule has 1 aliphatic carbocycles. The number of methoxy groups -OCH3 is 1. The number of nitrogens with zero attached hydrogens (tertiary/aromatic N) is 1. The number of aliphatic hydroxyl groups is 1. The molecule has 30 heavy (non-hydrogen) atoms. The molecule has 0 saturated carbocycles. The van der Waals surface area contributed by atoms with Gasteiger partial charge in [0.15, 0.2) is 0 Å². The molecule has 0 aromatic heterocycles. The van der Waals surface area contributed by atoms with E-state index in [-0.39, 0.29) is 6.61 Å². The van der Waals surface area contributed by atoms with Gasteiger partial charge in [0, 0.05) is 31.8 Å². The molecule has 1 atom stereocenters. The van der Waals surface area contributed by atoms with E-state index in [1.807, 2.05) is 18.2 Å². The first kappa shape index (κ1) is 22.0. The Kier molecular flexibility index (Phi) is 8.02. The molecule has 3 rings (SSSR count). The Morgan fingerprint density at radius 3 is 2.73 bits per heavy atom. The maximum Gasteiger partial charge on any atom is 0.267 e. The van der Waals surface area contributed by atoms with Crippen LogP contribution in [0.4, 0.5) is 0 Å². The SMILES string of the molecule is COc1ccc(CCN(CCCO)[C@H]2CCc3cc(/C=C/C(=O)NO)ccc32)cc1. The molecule has 0 saturated heterocycles. The van der Waals surface area contributed by atoms with Gasteiger partial charge in [-0.05, 0) is 66.1 Å². The van der Waals surface area contributed by atoms with Crippen molar-refractivity contribution in [3.63, 3.8) is 0 Å². The van der Waals surface area contributed by atoms with Crippen LogP contribution in [0, 0.1) is 0 Å². The van der Waals surface area contributed by atoms with Crippen LogP contribution in [0.25, 0.3) is 6.08 Å². The van der Waals surface area contributed by atoms with E-state index >= 15 is 0 Å². The van der Waals surface area contributed by atoms with Gasteiger partial charge in [0.05, 0.1) is 7.11 Å². The average molecular weight is 411 g/mol. The van der Waals surface area contributed by atoms with Gasteiger partial charge in [0.1, 0.15) is 5.75 Å². The summed E-state index contributed by atoms with van der Waals surface area (Å²) in [6, 6.07) is 14.8. The number of carbonyl (C=O) groups excluding carboxylic acids is 1. The molecule has 160 valence electrons. The second kappa shape index (κ2) is 10.9. The average Bonchev–Trinajstić information content (AvgIpc) is 3.21. The highest BCUT2D eigenvalue weighted by molar-refractivity contribution is 5.90. The number of carbonyl (C=O) groups is 1. The molecular weight excluding hydrogens is 380 g/mol. The van der Waals surface area contributed by atoms with Gasteiger partial charge in [-0.1, -0.05) is 30.3 Å². The van der Waals surface area contributed by atoms with Crippen molar-refractivity contribution < 1.29 is 19.8 Å². The van der Waals surface area contributed by atoms with Gasteiger partial charge < -0.3 is 9.84 Å². The lowest BCUT2D eigenvalue weighted by molar-refractivity contribution is -0.124. The van der Waals surface area contributed by atoms with Crippen LogP contribution < -0.4 is 10.2 Å². The van der Waals surface area contributed by atoms with Crippen LogP contribution in [0.3, 0.4) is 0 Å². The van der Waals surface area contributed by atoms with Crippen molar-refractivity contribution in [2.75, 3.05) is 26.8 Å². The fraction of sp³-hybridized carbons (Fsp3) is 0.375. The van der Waals surface area contributed by atoms with E-state index in [4.69, 9.17) is 9.94 Å². The number of ether oxygens (including phenoxy) is 1. The van der Waals surface area contributed by atoms with Crippen LogP contribution >= 0.6 is 0 Å². The predicted octanol–water partition coefficient (Wildman–Crippen LogP) is 3.13. The van der Waals surface area contributed by atoms with E-state index in [1.165, 1.54) is 22.8 Å². The Bertz CT molecular complexity index is 864. The fourth-order valence-corrected chi connectivity index (χ4v) is 4.07. The normalized spacial score (nSPS) is 15.5. The number of aliphatic hydroxyl groups excluding tert-OH is 1. The fourth-order valence-electron chi connectivity index (χ4n) is 4.07. The summed E-state index contributed by atoms with van der Waals surface area (Å²) in [4.78, 5) is 13.7. The third-order valence-electron chi connectivity index (χ3n) is 5.64. The van der Waals surface area contributed by atoms with Gasteiger partial charge in [-0.25, -0.2) is 5.48 Å². The maximum absolute atomic E-state index is 11.2. The van der Waals surface area contributed by atoms with Gasteiger partial charge in [-0.3, -0.25) is 14.9 Å². The lowest BCUT2D eigenvalue weighted by Gasteiger charge is -2.29. The van der Waals surface area contributed by atoms with Gasteiger partial charge in [0.25, 0.3) is 5.91 Å². The summed E-state index contributed by atoms with van der Waals surface area (Å²) in [6.07, 6.45) is 6.76. The van der Waals surface area contributed by atoms with Crippen molar-refractivity contribution in [2.45, 2.75) is 31.7 Å². The smallest absolute Gasteiger partial charge is 0.267 e. The minimum Gasteiger partial charge on any atom is -0.497 e. The van der Waals surface area contributed by atoms with Gasteiger partial charge in [-0.15, -0.1) is 0 Å². The van der Waals surface area contributed by atoms with Crippen LogP contribution in [0.5, 0.6) is 5.75 Å².